The molecule has 0 aliphatic carbocycles. The van der Waals surface area contributed by atoms with Gasteiger partial charge in [-0.05, 0) is 73.7 Å². The van der Waals surface area contributed by atoms with Crippen molar-refractivity contribution in [1.82, 2.24) is 14.9 Å². The summed E-state index contributed by atoms with van der Waals surface area (Å²) in [6, 6.07) is 20.1. The first-order valence-corrected chi connectivity index (χ1v) is 15.7. The first-order valence-electron chi connectivity index (χ1n) is 13.1. The minimum absolute atomic E-state index is 0.125. The van der Waals surface area contributed by atoms with Gasteiger partial charge in [0.05, 0.1) is 11.7 Å². The molecule has 0 saturated carbocycles. The van der Waals surface area contributed by atoms with E-state index in [0.29, 0.717) is 27.7 Å². The molecular formula is C30H27ClN4O5S2. The Balaban J connectivity index is 1.31. The number of aliphatic hydroxyl groups excluding tert-OH is 1. The molecule has 0 spiro atoms. The number of thiophene rings is 1. The molecule has 2 aromatic heterocycles. The van der Waals surface area contributed by atoms with Crippen LogP contribution in [0.4, 0.5) is 5.82 Å². The van der Waals surface area contributed by atoms with Crippen molar-refractivity contribution in [3.8, 4) is 17.0 Å². The van der Waals surface area contributed by atoms with E-state index in [1.165, 1.54) is 6.07 Å². The van der Waals surface area contributed by atoms with E-state index in [4.69, 9.17) is 16.3 Å². The number of nitrogens with zero attached hydrogens (tertiary/aromatic N) is 1. The molecule has 1 aliphatic rings. The number of hydrogen-bond donors (Lipinski definition) is 4. The van der Waals surface area contributed by atoms with Crippen LogP contribution in [0.5, 0.6) is 5.75 Å². The molecule has 0 bridgehead atoms. The van der Waals surface area contributed by atoms with Crippen LogP contribution in [-0.4, -0.2) is 41.3 Å². The van der Waals surface area contributed by atoms with E-state index in [2.05, 4.69) is 20.2 Å². The molecular weight excluding hydrogens is 596 g/mol. The smallest absolute Gasteiger partial charge is 0.256 e. The number of H-pyrrole nitrogens is 1. The van der Waals surface area contributed by atoms with Crippen LogP contribution in [0.3, 0.4) is 0 Å². The van der Waals surface area contributed by atoms with E-state index in [9.17, 15) is 18.3 Å². The molecule has 0 fully saturated rings. The summed E-state index contributed by atoms with van der Waals surface area (Å²) in [5.74, 6) is 0.231. The average molecular weight is 623 g/mol. The summed E-state index contributed by atoms with van der Waals surface area (Å²) in [6.45, 7) is 5.08. The minimum Gasteiger partial charge on any atom is -0.485 e. The highest BCUT2D eigenvalue weighted by atomic mass is 35.5. The Morgan fingerprint density at radius 2 is 1.86 bits per heavy atom. The number of amides is 1. The molecule has 2 unspecified atom stereocenters. The maximum absolute atomic E-state index is 13.7. The van der Waals surface area contributed by atoms with Crippen LogP contribution >= 0.6 is 22.9 Å². The third-order valence-electron chi connectivity index (χ3n) is 7.29. The molecule has 9 nitrogen and oxygen atoms in total. The van der Waals surface area contributed by atoms with Crippen molar-refractivity contribution >= 4 is 54.8 Å². The lowest BCUT2D eigenvalue weighted by atomic mass is 9.86. The number of aliphatic hydroxyl groups is 1. The van der Waals surface area contributed by atoms with Crippen LogP contribution in [0.1, 0.15) is 41.4 Å². The Morgan fingerprint density at radius 1 is 1.10 bits per heavy atom. The van der Waals surface area contributed by atoms with Crippen LogP contribution in [-0.2, 0) is 10.0 Å². The number of sulfonamides is 1. The summed E-state index contributed by atoms with van der Waals surface area (Å²) in [4.78, 5) is 13.2. The molecule has 3 aromatic carbocycles. The zero-order valence-corrected chi connectivity index (χ0v) is 25.2. The second kappa shape index (κ2) is 10.5. The molecule has 216 valence electrons. The molecule has 6 rings (SSSR count). The molecule has 1 amide bonds. The Morgan fingerprint density at radius 3 is 2.62 bits per heavy atom. The number of benzene rings is 3. The van der Waals surface area contributed by atoms with Gasteiger partial charge < -0.3 is 15.2 Å². The van der Waals surface area contributed by atoms with Gasteiger partial charge in [0.2, 0.25) is 0 Å². The van der Waals surface area contributed by atoms with Crippen LogP contribution in [0, 0.1) is 6.92 Å². The number of anilines is 1. The standard InChI is InChI=1S/C30H27ClN4O5S2/c1-16-20-14-19(31)10-12-24(20)41-29(16)42(38,39)35-26-21-13-18(9-11-23(21)40-30(2,3)27(26)36)28(37)32-25-15-22(33-34-25)17-7-5-4-6-8-17/h4-15,26-27,35-36H,1-3H3,(H2,32,33,34,37). The normalized spacial score (nSPS) is 17.9. The Kier molecular flexibility index (Phi) is 7.11. The van der Waals surface area contributed by atoms with Gasteiger partial charge in [-0.2, -0.15) is 5.10 Å². The van der Waals surface area contributed by atoms with Gasteiger partial charge in [0.15, 0.2) is 5.82 Å². The van der Waals surface area contributed by atoms with E-state index in [1.54, 1.807) is 57.2 Å². The zero-order chi connectivity index (χ0) is 29.8. The highest BCUT2D eigenvalue weighted by Crippen LogP contribution is 2.42. The molecule has 4 N–H and O–H groups in total. The first kappa shape index (κ1) is 28.4. The van der Waals surface area contributed by atoms with Crippen molar-refractivity contribution in [2.75, 3.05) is 5.32 Å². The number of carbonyl (C=O) groups excluding carboxylic acids is 1. The SMILES string of the molecule is Cc1c(S(=O)(=O)NC2c3cc(C(=O)Nc4cc(-c5ccccc5)[nH]n4)ccc3OC(C)(C)C2O)sc2ccc(Cl)cc12. The number of rotatable bonds is 6. The summed E-state index contributed by atoms with van der Waals surface area (Å²) in [7, 11) is -4.10. The topological polar surface area (TPSA) is 133 Å². The van der Waals surface area contributed by atoms with E-state index in [-0.39, 0.29) is 9.77 Å². The molecule has 0 saturated heterocycles. The van der Waals surface area contributed by atoms with Gasteiger partial charge in [-0.25, -0.2) is 13.1 Å². The molecule has 3 heterocycles. The van der Waals surface area contributed by atoms with Crippen molar-refractivity contribution in [3.63, 3.8) is 0 Å². The third kappa shape index (κ3) is 5.18. The summed E-state index contributed by atoms with van der Waals surface area (Å²) in [5.41, 5.74) is 1.68. The Labute approximate surface area is 251 Å². The van der Waals surface area contributed by atoms with Crippen molar-refractivity contribution in [2.45, 2.75) is 42.7 Å². The second-order valence-electron chi connectivity index (χ2n) is 10.6. The third-order valence-corrected chi connectivity index (χ3v) is 10.9. The van der Waals surface area contributed by atoms with Crippen molar-refractivity contribution < 1.29 is 23.1 Å². The maximum atomic E-state index is 13.7. The fraction of sp³-hybridized carbons (Fsp3) is 0.200. The minimum atomic E-state index is -4.10. The number of carbonyl (C=O) groups is 1. The Bertz CT molecular complexity index is 1940. The number of halogens is 1. The first-order chi connectivity index (χ1) is 19.9. The van der Waals surface area contributed by atoms with Gasteiger partial charge in [-0.3, -0.25) is 9.89 Å². The van der Waals surface area contributed by atoms with Crippen molar-refractivity contribution in [1.29, 1.82) is 0 Å². The quantitative estimate of drug-likeness (QED) is 0.182. The number of aromatic amines is 1. The Hall–Kier alpha value is -3.74. The molecule has 1 aliphatic heterocycles. The summed E-state index contributed by atoms with van der Waals surface area (Å²) >= 11 is 7.28. The fourth-order valence-corrected chi connectivity index (χ4v) is 8.21. The highest BCUT2D eigenvalue weighted by Gasteiger charge is 2.45. The van der Waals surface area contributed by atoms with E-state index >= 15 is 0 Å². The van der Waals surface area contributed by atoms with Crippen LogP contribution in [0.2, 0.25) is 5.02 Å². The van der Waals surface area contributed by atoms with Gasteiger partial charge in [0.25, 0.3) is 15.9 Å². The van der Waals surface area contributed by atoms with E-state index in [1.807, 2.05) is 30.3 Å². The number of fused-ring (bicyclic) bond motifs is 2. The van der Waals surface area contributed by atoms with Crippen LogP contribution in [0.25, 0.3) is 21.3 Å². The van der Waals surface area contributed by atoms with Gasteiger partial charge in [-0.15, -0.1) is 11.3 Å². The number of nitrogens with one attached hydrogen (secondary N) is 3. The molecule has 5 aromatic rings. The summed E-state index contributed by atoms with van der Waals surface area (Å²) < 4.78 is 37.1. The number of aryl methyl sites for hydroxylation is 1. The number of aromatic nitrogens is 2. The monoisotopic (exact) mass is 622 g/mol. The average Bonchev–Trinajstić information content (AvgIpc) is 3.56. The second-order valence-corrected chi connectivity index (χ2v) is 14.0. The van der Waals surface area contributed by atoms with E-state index in [0.717, 1.165) is 32.7 Å². The van der Waals surface area contributed by atoms with Gasteiger partial charge in [-0.1, -0.05) is 41.9 Å². The van der Waals surface area contributed by atoms with Crippen molar-refractivity contribution in [2.24, 2.45) is 0 Å². The fourth-order valence-electron chi connectivity index (χ4n) is 5.06. The summed E-state index contributed by atoms with van der Waals surface area (Å²) in [6.07, 6.45) is -1.26. The van der Waals surface area contributed by atoms with E-state index < -0.39 is 33.7 Å². The lowest BCUT2D eigenvalue weighted by Crippen LogP contribution is -2.53. The lowest BCUT2D eigenvalue weighted by molar-refractivity contribution is -0.0603. The zero-order valence-electron chi connectivity index (χ0n) is 22.8. The maximum Gasteiger partial charge on any atom is 0.256 e. The molecule has 2 atom stereocenters. The predicted octanol–water partition coefficient (Wildman–Crippen LogP) is 6.06. The van der Waals surface area contributed by atoms with Crippen LogP contribution in [0.15, 0.2) is 77.0 Å². The molecule has 12 heteroatoms. The van der Waals surface area contributed by atoms with Crippen LogP contribution < -0.4 is 14.8 Å². The number of hydrogen-bond acceptors (Lipinski definition) is 7. The lowest BCUT2D eigenvalue weighted by Gasteiger charge is -2.42. The van der Waals surface area contributed by atoms with Crippen molar-refractivity contribution in [3.05, 3.63) is 94.5 Å². The van der Waals surface area contributed by atoms with Gasteiger partial charge in [0, 0.05) is 26.9 Å². The van der Waals surface area contributed by atoms with Gasteiger partial charge in [0.1, 0.15) is 21.7 Å². The summed E-state index contributed by atoms with van der Waals surface area (Å²) in [5, 5.41) is 22.4. The largest absolute Gasteiger partial charge is 0.485 e. The predicted molar refractivity (Wildman–Crippen MR) is 164 cm³/mol. The van der Waals surface area contributed by atoms with Gasteiger partial charge >= 0.3 is 0 Å². The molecule has 42 heavy (non-hydrogen) atoms. The highest BCUT2D eigenvalue weighted by molar-refractivity contribution is 7.91. The number of ether oxygens (including phenoxy) is 1. The molecule has 0 radical (unpaired) electrons.